The number of hydrogen-bond acceptors (Lipinski definition) is 3. The molecule has 1 saturated heterocycles. The van der Waals surface area contributed by atoms with E-state index in [-0.39, 0.29) is 0 Å². The Morgan fingerprint density at radius 3 is 2.88 bits per heavy atom. The van der Waals surface area contributed by atoms with Crippen LogP contribution in [0.2, 0.25) is 0 Å². The molecule has 1 aromatic rings. The number of hydrogen-bond donors (Lipinski definition) is 0. The molecule has 0 unspecified atom stereocenters. The monoisotopic (exact) mass is 229 g/mol. The third-order valence-electron chi connectivity index (χ3n) is 3.68. The van der Waals surface area contributed by atoms with Crippen molar-refractivity contribution in [2.75, 3.05) is 13.1 Å². The minimum Gasteiger partial charge on any atom is -0.299 e. The van der Waals surface area contributed by atoms with Crippen LogP contribution in [0.5, 0.6) is 0 Å². The second-order valence-electron chi connectivity index (χ2n) is 4.75. The van der Waals surface area contributed by atoms with Crippen molar-refractivity contribution < 1.29 is 0 Å². The van der Waals surface area contributed by atoms with Gasteiger partial charge in [-0.15, -0.1) is 0 Å². The standard InChI is InChI=1S/C14H19N3/c1-2-12-5-8-17(9-6-12)11-13-4-3-7-16-14(13)10-15/h3-4,7,12H,2,5-6,8-9,11H2,1H3. The van der Waals surface area contributed by atoms with Crippen molar-refractivity contribution in [3.8, 4) is 6.07 Å². The van der Waals surface area contributed by atoms with Crippen LogP contribution in [0.1, 0.15) is 37.4 Å². The highest BCUT2D eigenvalue weighted by atomic mass is 15.1. The molecule has 0 aromatic carbocycles. The smallest absolute Gasteiger partial charge is 0.144 e. The van der Waals surface area contributed by atoms with Gasteiger partial charge in [-0.1, -0.05) is 19.4 Å². The fraction of sp³-hybridized carbons (Fsp3) is 0.571. The Hall–Kier alpha value is -1.40. The molecule has 1 fully saturated rings. The van der Waals surface area contributed by atoms with Gasteiger partial charge in [0.2, 0.25) is 0 Å². The van der Waals surface area contributed by atoms with Crippen molar-refractivity contribution in [2.45, 2.75) is 32.7 Å². The van der Waals surface area contributed by atoms with Crippen LogP contribution in [0.15, 0.2) is 18.3 Å². The summed E-state index contributed by atoms with van der Waals surface area (Å²) in [6.07, 6.45) is 5.56. The van der Waals surface area contributed by atoms with Crippen molar-refractivity contribution in [3.63, 3.8) is 0 Å². The SMILES string of the molecule is CCC1CCN(Cc2cccnc2C#N)CC1. The van der Waals surface area contributed by atoms with Gasteiger partial charge in [0.05, 0.1) is 0 Å². The van der Waals surface area contributed by atoms with Gasteiger partial charge in [0.1, 0.15) is 11.8 Å². The molecule has 0 atom stereocenters. The molecular weight excluding hydrogens is 210 g/mol. The lowest BCUT2D eigenvalue weighted by atomic mass is 9.94. The first-order chi connectivity index (χ1) is 8.33. The lowest BCUT2D eigenvalue weighted by molar-refractivity contribution is 0.175. The molecule has 0 N–H and O–H groups in total. The molecule has 3 heteroatoms. The predicted octanol–water partition coefficient (Wildman–Crippen LogP) is 2.58. The zero-order valence-corrected chi connectivity index (χ0v) is 10.4. The fourth-order valence-electron chi connectivity index (χ4n) is 2.46. The highest BCUT2D eigenvalue weighted by Crippen LogP contribution is 2.21. The van der Waals surface area contributed by atoms with Gasteiger partial charge in [0.15, 0.2) is 0 Å². The van der Waals surface area contributed by atoms with Gasteiger partial charge in [-0.3, -0.25) is 4.90 Å². The summed E-state index contributed by atoms with van der Waals surface area (Å²) in [5.41, 5.74) is 1.63. The van der Waals surface area contributed by atoms with Crippen molar-refractivity contribution in [1.29, 1.82) is 5.26 Å². The van der Waals surface area contributed by atoms with E-state index in [1.165, 1.54) is 19.3 Å². The van der Waals surface area contributed by atoms with Crippen molar-refractivity contribution in [2.24, 2.45) is 5.92 Å². The highest BCUT2D eigenvalue weighted by Gasteiger charge is 2.18. The molecule has 3 nitrogen and oxygen atoms in total. The second-order valence-corrected chi connectivity index (χ2v) is 4.75. The average molecular weight is 229 g/mol. The van der Waals surface area contributed by atoms with Crippen LogP contribution in [-0.4, -0.2) is 23.0 Å². The minimum absolute atomic E-state index is 0.574. The fourth-order valence-corrected chi connectivity index (χ4v) is 2.46. The Balaban J connectivity index is 1.96. The van der Waals surface area contributed by atoms with E-state index < -0.39 is 0 Å². The van der Waals surface area contributed by atoms with E-state index in [0.717, 1.165) is 31.1 Å². The van der Waals surface area contributed by atoms with Crippen LogP contribution in [0.3, 0.4) is 0 Å². The van der Waals surface area contributed by atoms with Gasteiger partial charge in [0, 0.05) is 18.3 Å². The number of nitrogens with zero attached hydrogens (tertiary/aromatic N) is 3. The number of piperidine rings is 1. The van der Waals surface area contributed by atoms with E-state index in [0.29, 0.717) is 5.69 Å². The molecule has 0 bridgehead atoms. The molecule has 2 heterocycles. The van der Waals surface area contributed by atoms with Crippen molar-refractivity contribution in [3.05, 3.63) is 29.6 Å². The molecule has 1 aliphatic heterocycles. The molecule has 1 aromatic heterocycles. The van der Waals surface area contributed by atoms with E-state index in [1.54, 1.807) is 6.20 Å². The summed E-state index contributed by atoms with van der Waals surface area (Å²) in [6, 6.07) is 6.09. The quantitative estimate of drug-likeness (QED) is 0.799. The number of likely N-dealkylation sites (tertiary alicyclic amines) is 1. The topological polar surface area (TPSA) is 39.9 Å². The lowest BCUT2D eigenvalue weighted by Gasteiger charge is -2.31. The first kappa shape index (κ1) is 12.1. The molecule has 0 aliphatic carbocycles. The Bertz CT molecular complexity index is 400. The third kappa shape index (κ3) is 3.04. The van der Waals surface area contributed by atoms with E-state index in [9.17, 15) is 0 Å². The molecule has 2 rings (SSSR count). The summed E-state index contributed by atoms with van der Waals surface area (Å²) < 4.78 is 0. The van der Waals surface area contributed by atoms with Crippen LogP contribution >= 0.6 is 0 Å². The number of pyridine rings is 1. The van der Waals surface area contributed by atoms with Gasteiger partial charge in [0.25, 0.3) is 0 Å². The maximum absolute atomic E-state index is 9.00. The van der Waals surface area contributed by atoms with Crippen molar-refractivity contribution >= 4 is 0 Å². The molecule has 17 heavy (non-hydrogen) atoms. The molecule has 1 aliphatic rings. The summed E-state index contributed by atoms with van der Waals surface area (Å²) in [6.45, 7) is 5.44. The molecule has 0 radical (unpaired) electrons. The van der Waals surface area contributed by atoms with E-state index >= 15 is 0 Å². The molecule has 90 valence electrons. The number of aromatic nitrogens is 1. The Morgan fingerprint density at radius 2 is 2.24 bits per heavy atom. The van der Waals surface area contributed by atoms with Gasteiger partial charge in [-0.2, -0.15) is 5.26 Å². The summed E-state index contributed by atoms with van der Waals surface area (Å²) >= 11 is 0. The maximum Gasteiger partial charge on any atom is 0.144 e. The summed E-state index contributed by atoms with van der Waals surface area (Å²) in [5, 5.41) is 9.00. The normalized spacial score (nSPS) is 17.9. The zero-order chi connectivity index (χ0) is 12.1. The second kappa shape index (κ2) is 5.79. The molecular formula is C14H19N3. The number of rotatable bonds is 3. The van der Waals surface area contributed by atoms with Gasteiger partial charge in [-0.05, 0) is 37.9 Å². The highest BCUT2D eigenvalue weighted by molar-refractivity contribution is 5.30. The van der Waals surface area contributed by atoms with Gasteiger partial charge in [-0.25, -0.2) is 4.98 Å². The molecule has 0 amide bonds. The van der Waals surface area contributed by atoms with Gasteiger partial charge >= 0.3 is 0 Å². The van der Waals surface area contributed by atoms with Gasteiger partial charge < -0.3 is 0 Å². The van der Waals surface area contributed by atoms with E-state index in [2.05, 4.69) is 22.9 Å². The summed E-state index contributed by atoms with van der Waals surface area (Å²) in [7, 11) is 0. The van der Waals surface area contributed by atoms with Crippen molar-refractivity contribution in [1.82, 2.24) is 9.88 Å². The first-order valence-corrected chi connectivity index (χ1v) is 6.39. The van der Waals surface area contributed by atoms with Crippen LogP contribution in [-0.2, 0) is 6.54 Å². The average Bonchev–Trinajstić information content (AvgIpc) is 2.40. The third-order valence-corrected chi connectivity index (χ3v) is 3.68. The van der Waals surface area contributed by atoms with Crippen LogP contribution in [0, 0.1) is 17.2 Å². The Kier molecular flexibility index (Phi) is 4.11. The Labute approximate surface area is 103 Å². The van der Waals surface area contributed by atoms with Crippen LogP contribution in [0.4, 0.5) is 0 Å². The molecule has 0 saturated carbocycles. The lowest BCUT2D eigenvalue weighted by Crippen LogP contribution is -2.33. The maximum atomic E-state index is 9.00. The van der Waals surface area contributed by atoms with E-state index in [1.807, 2.05) is 12.1 Å². The first-order valence-electron chi connectivity index (χ1n) is 6.39. The predicted molar refractivity (Wildman–Crippen MR) is 67.2 cm³/mol. The molecule has 0 spiro atoms. The zero-order valence-electron chi connectivity index (χ0n) is 10.4. The minimum atomic E-state index is 0.574. The number of nitriles is 1. The summed E-state index contributed by atoms with van der Waals surface area (Å²) in [4.78, 5) is 6.54. The largest absolute Gasteiger partial charge is 0.299 e. The van der Waals surface area contributed by atoms with Crippen LogP contribution in [0.25, 0.3) is 0 Å². The van der Waals surface area contributed by atoms with E-state index in [4.69, 9.17) is 5.26 Å². The Morgan fingerprint density at radius 1 is 1.47 bits per heavy atom. The van der Waals surface area contributed by atoms with Crippen LogP contribution < -0.4 is 0 Å². The summed E-state index contributed by atoms with van der Waals surface area (Å²) in [5.74, 6) is 0.899.